The number of para-hydroxylation sites is 2. The van der Waals surface area contributed by atoms with Crippen LogP contribution in [0.4, 0.5) is 0 Å². The van der Waals surface area contributed by atoms with Crippen LogP contribution in [0.3, 0.4) is 0 Å². The Morgan fingerprint density at radius 3 is 3.00 bits per heavy atom. The molecule has 1 aromatic carbocycles. The number of carbonyl (C=O) groups is 1. The van der Waals surface area contributed by atoms with Crippen LogP contribution < -0.4 is 5.73 Å². The second-order valence-electron chi connectivity index (χ2n) is 7.12. The number of carbonyl (C=O) groups excluding carboxylic acids is 1. The number of fused-ring (bicyclic) bond motifs is 1. The highest BCUT2D eigenvalue weighted by Gasteiger charge is 2.27. The number of hydrogen-bond donors (Lipinski definition) is 1. The van der Waals surface area contributed by atoms with Gasteiger partial charge in [-0.15, -0.1) is 0 Å². The number of nitrogens with zero attached hydrogens (tertiary/aromatic N) is 6. The molecule has 1 fully saturated rings. The van der Waals surface area contributed by atoms with E-state index >= 15 is 0 Å². The number of amides is 1. The lowest BCUT2D eigenvalue weighted by atomic mass is 9.97. The van der Waals surface area contributed by atoms with E-state index in [9.17, 15) is 4.79 Å². The first-order chi connectivity index (χ1) is 13.2. The van der Waals surface area contributed by atoms with Crippen LogP contribution in [0.15, 0.2) is 30.6 Å². The minimum Gasteiger partial charge on any atom is -0.369 e. The number of piperidine rings is 1. The van der Waals surface area contributed by atoms with Gasteiger partial charge in [0, 0.05) is 19.0 Å². The van der Waals surface area contributed by atoms with Crippen molar-refractivity contribution in [1.29, 1.82) is 0 Å². The molecular weight excluding hydrogens is 342 g/mol. The molecule has 0 radical (unpaired) electrons. The highest BCUT2D eigenvalue weighted by molar-refractivity contribution is 5.77. The highest BCUT2D eigenvalue weighted by Crippen LogP contribution is 2.28. The van der Waals surface area contributed by atoms with Gasteiger partial charge < -0.3 is 10.3 Å². The summed E-state index contributed by atoms with van der Waals surface area (Å²) in [5.41, 5.74) is 7.44. The lowest BCUT2D eigenvalue weighted by Gasteiger charge is -2.31. The van der Waals surface area contributed by atoms with Crippen LogP contribution in [0.2, 0.25) is 0 Å². The van der Waals surface area contributed by atoms with Gasteiger partial charge in [0.25, 0.3) is 0 Å². The quantitative estimate of drug-likeness (QED) is 0.715. The van der Waals surface area contributed by atoms with Gasteiger partial charge in [-0.2, -0.15) is 9.78 Å². The third-order valence-corrected chi connectivity index (χ3v) is 5.10. The predicted molar refractivity (Wildman–Crippen MR) is 103 cm³/mol. The Morgan fingerprint density at radius 2 is 2.19 bits per heavy atom. The summed E-state index contributed by atoms with van der Waals surface area (Å²) in [5, 5.41) is 4.50. The standard InChI is InChI=1S/C19H25N7O/c1-2-9-25-16-8-4-3-7-15(16)23-19(25)26-18(21-13-22-26)14-6-5-10-24(11-14)12-17(20)27/h3-4,7-8,13-14H,2,5-6,9-12H2,1H3,(H2,20,27). The Labute approximate surface area is 158 Å². The molecule has 1 aliphatic heterocycles. The van der Waals surface area contributed by atoms with Gasteiger partial charge in [0.15, 0.2) is 0 Å². The molecule has 0 saturated carbocycles. The molecule has 1 amide bonds. The molecule has 0 aliphatic carbocycles. The molecule has 8 nitrogen and oxygen atoms in total. The highest BCUT2D eigenvalue weighted by atomic mass is 16.1. The summed E-state index contributed by atoms with van der Waals surface area (Å²) in [4.78, 5) is 22.8. The van der Waals surface area contributed by atoms with E-state index in [1.165, 1.54) is 0 Å². The topological polar surface area (TPSA) is 94.9 Å². The largest absolute Gasteiger partial charge is 0.369 e. The van der Waals surface area contributed by atoms with E-state index in [1.807, 2.05) is 22.9 Å². The van der Waals surface area contributed by atoms with Crippen LogP contribution >= 0.6 is 0 Å². The SMILES string of the molecule is CCCn1c(-n2ncnc2C2CCCN(CC(N)=O)C2)nc2ccccc21. The monoisotopic (exact) mass is 367 g/mol. The van der Waals surface area contributed by atoms with Crippen LogP contribution in [0.1, 0.15) is 37.9 Å². The van der Waals surface area contributed by atoms with Crippen molar-refractivity contribution in [1.82, 2.24) is 29.2 Å². The lowest BCUT2D eigenvalue weighted by Crippen LogP contribution is -2.40. The maximum Gasteiger partial charge on any atom is 0.233 e. The minimum absolute atomic E-state index is 0.204. The summed E-state index contributed by atoms with van der Waals surface area (Å²) in [6, 6.07) is 8.15. The van der Waals surface area contributed by atoms with Crippen molar-refractivity contribution in [3.05, 3.63) is 36.4 Å². The first-order valence-corrected chi connectivity index (χ1v) is 9.53. The van der Waals surface area contributed by atoms with Gasteiger partial charge in [-0.3, -0.25) is 9.69 Å². The zero-order valence-corrected chi connectivity index (χ0v) is 15.6. The van der Waals surface area contributed by atoms with Crippen molar-refractivity contribution in [2.24, 2.45) is 5.73 Å². The molecule has 3 aromatic rings. The zero-order chi connectivity index (χ0) is 18.8. The van der Waals surface area contributed by atoms with E-state index < -0.39 is 0 Å². The normalized spacial score (nSPS) is 18.2. The predicted octanol–water partition coefficient (Wildman–Crippen LogP) is 1.69. The lowest BCUT2D eigenvalue weighted by molar-refractivity contribution is -0.119. The van der Waals surface area contributed by atoms with Crippen molar-refractivity contribution in [2.45, 2.75) is 38.6 Å². The molecule has 2 N–H and O–H groups in total. The van der Waals surface area contributed by atoms with E-state index in [-0.39, 0.29) is 11.8 Å². The number of nitrogens with two attached hydrogens (primary N) is 1. The molecular formula is C19H25N7O. The summed E-state index contributed by atoms with van der Waals surface area (Å²) in [6.45, 7) is 4.97. The van der Waals surface area contributed by atoms with Gasteiger partial charge in [-0.05, 0) is 37.9 Å². The fourth-order valence-corrected chi connectivity index (χ4v) is 3.98. The number of likely N-dealkylation sites (tertiary alicyclic amines) is 1. The van der Waals surface area contributed by atoms with Crippen LogP contribution in [0.25, 0.3) is 17.0 Å². The summed E-state index contributed by atoms with van der Waals surface area (Å²) < 4.78 is 4.08. The van der Waals surface area contributed by atoms with Crippen LogP contribution in [0, 0.1) is 0 Å². The summed E-state index contributed by atoms with van der Waals surface area (Å²) in [5.74, 6) is 1.62. The van der Waals surface area contributed by atoms with E-state index in [4.69, 9.17) is 10.7 Å². The first kappa shape index (κ1) is 17.7. The molecule has 27 heavy (non-hydrogen) atoms. The minimum atomic E-state index is -0.290. The Kier molecular flexibility index (Phi) is 4.89. The van der Waals surface area contributed by atoms with Crippen molar-refractivity contribution in [3.8, 4) is 5.95 Å². The van der Waals surface area contributed by atoms with E-state index in [1.54, 1.807) is 6.33 Å². The number of benzene rings is 1. The van der Waals surface area contributed by atoms with E-state index in [0.717, 1.165) is 61.7 Å². The fraction of sp³-hybridized carbons (Fsp3) is 0.474. The number of aromatic nitrogens is 5. The molecule has 3 heterocycles. The molecule has 1 unspecified atom stereocenters. The Balaban J connectivity index is 1.71. The molecule has 0 spiro atoms. The number of rotatable bonds is 6. The molecule has 142 valence electrons. The average Bonchev–Trinajstić information content (AvgIpc) is 3.27. The summed E-state index contributed by atoms with van der Waals surface area (Å²) >= 11 is 0. The van der Waals surface area contributed by atoms with Gasteiger partial charge in [0.1, 0.15) is 12.2 Å². The van der Waals surface area contributed by atoms with Gasteiger partial charge >= 0.3 is 0 Å². The summed E-state index contributed by atoms with van der Waals surface area (Å²) in [6.07, 6.45) is 4.63. The van der Waals surface area contributed by atoms with E-state index in [2.05, 4.69) is 32.5 Å². The maximum absolute atomic E-state index is 11.3. The zero-order valence-electron chi connectivity index (χ0n) is 15.6. The second kappa shape index (κ2) is 7.48. The Bertz CT molecular complexity index is 945. The molecule has 1 aliphatic rings. The van der Waals surface area contributed by atoms with Crippen molar-refractivity contribution >= 4 is 16.9 Å². The number of hydrogen-bond acceptors (Lipinski definition) is 5. The maximum atomic E-state index is 11.3. The second-order valence-corrected chi connectivity index (χ2v) is 7.12. The van der Waals surface area contributed by atoms with Crippen molar-refractivity contribution in [2.75, 3.05) is 19.6 Å². The molecule has 8 heteroatoms. The Morgan fingerprint density at radius 1 is 1.33 bits per heavy atom. The number of primary amides is 1. The van der Waals surface area contributed by atoms with Crippen LogP contribution in [-0.4, -0.2) is 54.8 Å². The van der Waals surface area contributed by atoms with Crippen LogP contribution in [-0.2, 0) is 11.3 Å². The summed E-state index contributed by atoms with van der Waals surface area (Å²) in [7, 11) is 0. The van der Waals surface area contributed by atoms with Gasteiger partial charge in [0.05, 0.1) is 17.6 Å². The van der Waals surface area contributed by atoms with Gasteiger partial charge in [-0.1, -0.05) is 19.1 Å². The molecule has 1 saturated heterocycles. The molecule has 4 rings (SSSR count). The van der Waals surface area contributed by atoms with Gasteiger partial charge in [0.2, 0.25) is 11.9 Å². The number of aryl methyl sites for hydroxylation is 1. The third-order valence-electron chi connectivity index (χ3n) is 5.10. The molecule has 0 bridgehead atoms. The fourth-order valence-electron chi connectivity index (χ4n) is 3.98. The van der Waals surface area contributed by atoms with Crippen LogP contribution in [0.5, 0.6) is 0 Å². The smallest absolute Gasteiger partial charge is 0.233 e. The van der Waals surface area contributed by atoms with Gasteiger partial charge in [-0.25, -0.2) is 9.97 Å². The van der Waals surface area contributed by atoms with Crippen molar-refractivity contribution in [3.63, 3.8) is 0 Å². The first-order valence-electron chi connectivity index (χ1n) is 9.53. The molecule has 1 atom stereocenters. The number of imidazole rings is 1. The van der Waals surface area contributed by atoms with E-state index in [0.29, 0.717) is 6.54 Å². The Hall–Kier alpha value is -2.74. The van der Waals surface area contributed by atoms with Crippen molar-refractivity contribution < 1.29 is 4.79 Å². The molecule has 2 aromatic heterocycles. The third kappa shape index (κ3) is 3.44. The average molecular weight is 367 g/mol.